The highest BCUT2D eigenvalue weighted by atomic mass is 16.7. The van der Waals surface area contributed by atoms with Crippen LogP contribution in [0.25, 0.3) is 11.3 Å². The van der Waals surface area contributed by atoms with Crippen LogP contribution in [0.3, 0.4) is 0 Å². The summed E-state index contributed by atoms with van der Waals surface area (Å²) in [6.45, 7) is 4.08. The maximum absolute atomic E-state index is 11.6. The lowest BCUT2D eigenvalue weighted by atomic mass is 10.1. The van der Waals surface area contributed by atoms with E-state index in [1.165, 1.54) is 0 Å². The third-order valence-corrected chi connectivity index (χ3v) is 2.98. The number of nitrogens with zero attached hydrogens (tertiary/aromatic N) is 2. The van der Waals surface area contributed by atoms with Gasteiger partial charge in [-0.1, -0.05) is 16.0 Å². The first-order valence-electron chi connectivity index (χ1n) is 6.66. The first kappa shape index (κ1) is 15.6. The summed E-state index contributed by atoms with van der Waals surface area (Å²) in [4.78, 5) is 26.5. The first-order chi connectivity index (χ1) is 10.6. The van der Waals surface area contributed by atoms with Crippen molar-refractivity contribution in [2.24, 2.45) is 0 Å². The number of aldehydes is 1. The molecule has 0 atom stereocenters. The number of carbonyl (C=O) groups excluding carboxylic acids is 1. The molecule has 2 rings (SSSR count). The second-order valence-electron chi connectivity index (χ2n) is 4.47. The summed E-state index contributed by atoms with van der Waals surface area (Å²) < 4.78 is 11.0. The Labute approximate surface area is 126 Å². The van der Waals surface area contributed by atoms with Gasteiger partial charge in [-0.05, 0) is 26.0 Å². The van der Waals surface area contributed by atoms with Crippen LogP contribution in [-0.2, 0) is 4.74 Å². The first-order valence-corrected chi connectivity index (χ1v) is 6.66. The fourth-order valence-corrected chi connectivity index (χ4v) is 1.89. The minimum absolute atomic E-state index is 0.0324. The molecule has 0 bridgehead atoms. The highest BCUT2D eigenvalue weighted by Gasteiger charge is 2.17. The summed E-state index contributed by atoms with van der Waals surface area (Å²) >= 11 is 0. The van der Waals surface area contributed by atoms with E-state index >= 15 is 0 Å². The van der Waals surface area contributed by atoms with Gasteiger partial charge in [-0.3, -0.25) is 10.5 Å². The number of H-pyrrole nitrogens is 1. The quantitative estimate of drug-likeness (QED) is 0.357. The number of aryl methyl sites for hydroxylation is 1. The van der Waals surface area contributed by atoms with Gasteiger partial charge in [-0.2, -0.15) is 0 Å². The predicted molar refractivity (Wildman–Crippen MR) is 79.0 cm³/mol. The number of nitrogen functional groups attached to an aromatic ring is 1. The fourth-order valence-electron chi connectivity index (χ4n) is 1.89. The van der Waals surface area contributed by atoms with E-state index in [0.717, 1.165) is 0 Å². The van der Waals surface area contributed by atoms with E-state index in [1.807, 2.05) is 6.92 Å². The lowest BCUT2D eigenvalue weighted by Crippen LogP contribution is -2.27. The van der Waals surface area contributed by atoms with Gasteiger partial charge in [0, 0.05) is 17.7 Å². The van der Waals surface area contributed by atoms with E-state index in [4.69, 9.17) is 15.2 Å². The third kappa shape index (κ3) is 3.29. The Bertz CT molecular complexity index is 742. The van der Waals surface area contributed by atoms with E-state index in [2.05, 4.69) is 10.1 Å². The third-order valence-electron chi connectivity index (χ3n) is 2.98. The van der Waals surface area contributed by atoms with Gasteiger partial charge < -0.3 is 9.47 Å². The van der Waals surface area contributed by atoms with Crippen LogP contribution in [0.1, 0.15) is 23.0 Å². The number of rotatable bonds is 6. The van der Waals surface area contributed by atoms with E-state index in [9.17, 15) is 9.70 Å². The number of ether oxygens (including phenoxy) is 2. The molecule has 0 fully saturated rings. The highest BCUT2D eigenvalue weighted by Crippen LogP contribution is 2.30. The van der Waals surface area contributed by atoms with Gasteiger partial charge in [0.1, 0.15) is 23.4 Å². The molecule has 1 aromatic carbocycles. The number of hydrogen-bond acceptors (Lipinski definition) is 6. The monoisotopic (exact) mass is 305 g/mol. The summed E-state index contributed by atoms with van der Waals surface area (Å²) in [6, 6.07) is 4.86. The van der Waals surface area contributed by atoms with Crippen LogP contribution in [0.15, 0.2) is 18.2 Å². The maximum Gasteiger partial charge on any atom is 0.450 e. The molecule has 0 saturated heterocycles. The molecule has 0 amide bonds. The van der Waals surface area contributed by atoms with Gasteiger partial charge in [0.15, 0.2) is 6.79 Å². The van der Waals surface area contributed by atoms with Gasteiger partial charge in [-0.15, -0.1) is 0 Å². The van der Waals surface area contributed by atoms with E-state index in [1.54, 1.807) is 25.1 Å². The Kier molecular flexibility index (Phi) is 4.84. The molecule has 2 aromatic rings. The van der Waals surface area contributed by atoms with Crippen molar-refractivity contribution in [1.29, 1.82) is 0 Å². The second-order valence-corrected chi connectivity index (χ2v) is 4.47. The Morgan fingerprint density at radius 2 is 2.23 bits per heavy atom. The summed E-state index contributed by atoms with van der Waals surface area (Å²) in [5.74, 6) is 0.228. The molecule has 8 heteroatoms. The zero-order valence-corrected chi connectivity index (χ0v) is 12.3. The number of benzene rings is 1. The van der Waals surface area contributed by atoms with Crippen LogP contribution in [-0.4, -0.2) is 29.8 Å². The molecule has 22 heavy (non-hydrogen) atoms. The largest absolute Gasteiger partial charge is 0.467 e. The molecule has 0 unspecified atom stereocenters. The average molecular weight is 305 g/mol. The van der Waals surface area contributed by atoms with Crippen molar-refractivity contribution in [1.82, 2.24) is 10.1 Å². The molecule has 3 N–H and O–H groups in total. The lowest BCUT2D eigenvalue weighted by molar-refractivity contribution is -0.550. The topological polar surface area (TPSA) is 113 Å². The number of carbonyl (C=O) groups is 1. The van der Waals surface area contributed by atoms with Crippen LogP contribution in [0.2, 0.25) is 0 Å². The van der Waals surface area contributed by atoms with Gasteiger partial charge in [-0.25, -0.2) is 5.10 Å². The van der Waals surface area contributed by atoms with E-state index < -0.39 is 0 Å². The van der Waals surface area contributed by atoms with Crippen LogP contribution in [0.4, 0.5) is 5.95 Å². The molecule has 116 valence electrons. The number of anilines is 1. The van der Waals surface area contributed by atoms with Crippen molar-refractivity contribution in [2.45, 2.75) is 13.8 Å². The zero-order valence-electron chi connectivity index (χ0n) is 12.3. The summed E-state index contributed by atoms with van der Waals surface area (Å²) in [5.41, 5.74) is 7.48. The normalized spacial score (nSPS) is 10.5. The fraction of sp³-hybridized carbons (Fsp3) is 0.286. The predicted octanol–water partition coefficient (Wildman–Crippen LogP) is 1.07. The molecule has 0 spiro atoms. The Morgan fingerprint density at radius 1 is 1.45 bits per heavy atom. The molecular formula is C14H17N4O4+. The highest BCUT2D eigenvalue weighted by molar-refractivity contribution is 5.79. The molecule has 8 nitrogen and oxygen atoms in total. The van der Waals surface area contributed by atoms with Crippen LogP contribution < -0.4 is 15.0 Å². The van der Waals surface area contributed by atoms with Crippen molar-refractivity contribution in [3.63, 3.8) is 0 Å². The smallest absolute Gasteiger partial charge is 0.450 e. The summed E-state index contributed by atoms with van der Waals surface area (Å²) in [7, 11) is 0. The standard InChI is InChI=1S/C14H16N4O4/c1-3-21-8-22-12-6-10(7-19)4-5-11(12)13-9(2)16-14(15)18(20)17-13/h4-7H,3,8H2,1-2H3,(H2-,15,16,17,19,20)/p+1. The molecule has 0 radical (unpaired) electrons. The van der Waals surface area contributed by atoms with Gasteiger partial charge >= 0.3 is 5.95 Å². The molecule has 0 saturated carbocycles. The number of aromatic amines is 1. The van der Waals surface area contributed by atoms with Crippen molar-refractivity contribution in [3.8, 4) is 17.0 Å². The summed E-state index contributed by atoms with van der Waals surface area (Å²) in [6.07, 6.45) is 0.711. The Morgan fingerprint density at radius 3 is 2.91 bits per heavy atom. The van der Waals surface area contributed by atoms with E-state index in [-0.39, 0.29) is 12.7 Å². The van der Waals surface area contributed by atoms with Crippen LogP contribution in [0, 0.1) is 11.8 Å². The molecule has 0 aliphatic rings. The number of aromatic nitrogens is 3. The SMILES string of the molecule is CCOCOc1cc(C=O)ccc1-c1[nH][n+](=O)c(N)nc1C. The minimum Gasteiger partial charge on any atom is -0.467 e. The van der Waals surface area contributed by atoms with Crippen molar-refractivity contribution >= 4 is 12.2 Å². The molecule has 0 aliphatic carbocycles. The van der Waals surface area contributed by atoms with E-state index in [0.29, 0.717) is 45.7 Å². The summed E-state index contributed by atoms with van der Waals surface area (Å²) in [5, 5.41) is 2.59. The van der Waals surface area contributed by atoms with Gasteiger partial charge in [0.05, 0.1) is 4.54 Å². The Balaban J connectivity index is 2.51. The molecule has 0 aliphatic heterocycles. The second kappa shape index (κ2) is 6.81. The zero-order chi connectivity index (χ0) is 16.1. The maximum atomic E-state index is 11.6. The van der Waals surface area contributed by atoms with Crippen molar-refractivity contribution < 1.29 is 18.8 Å². The van der Waals surface area contributed by atoms with Gasteiger partial charge in [0.25, 0.3) is 0 Å². The number of nitrogens with two attached hydrogens (primary N) is 1. The molecular weight excluding hydrogens is 288 g/mol. The average Bonchev–Trinajstić information content (AvgIpc) is 2.51. The van der Waals surface area contributed by atoms with Gasteiger partial charge in [0.2, 0.25) is 0 Å². The van der Waals surface area contributed by atoms with Crippen LogP contribution in [0.5, 0.6) is 5.75 Å². The van der Waals surface area contributed by atoms with Crippen molar-refractivity contribution in [2.75, 3.05) is 19.1 Å². The molecule has 1 aromatic heterocycles. The Hall–Kier alpha value is -2.74. The minimum atomic E-state index is -0.178. The number of hydrogen-bond donors (Lipinski definition) is 2. The lowest BCUT2D eigenvalue weighted by Gasteiger charge is -2.12. The van der Waals surface area contributed by atoms with Crippen molar-refractivity contribution in [3.05, 3.63) is 34.4 Å². The molecule has 1 heterocycles. The van der Waals surface area contributed by atoms with Crippen LogP contribution >= 0.6 is 0 Å². The number of nitrogens with one attached hydrogen (secondary N) is 1.